The summed E-state index contributed by atoms with van der Waals surface area (Å²) < 4.78 is 0. The third-order valence-electron chi connectivity index (χ3n) is 3.79. The number of hydrogen-bond donors (Lipinski definition) is 2. The Hall–Kier alpha value is -1.39. The highest BCUT2D eigenvalue weighted by Gasteiger charge is 2.21. The molecule has 1 atom stereocenters. The lowest BCUT2D eigenvalue weighted by Crippen LogP contribution is -2.41. The summed E-state index contributed by atoms with van der Waals surface area (Å²) in [5.74, 6) is -0.0576. The van der Waals surface area contributed by atoms with Gasteiger partial charge < -0.3 is 10.4 Å². The number of nitrogens with one attached hydrogen (secondary N) is 1. The molecule has 1 heterocycles. The Morgan fingerprint density at radius 3 is 2.74 bits per heavy atom. The lowest BCUT2D eigenvalue weighted by Gasteiger charge is -2.34. The highest BCUT2D eigenvalue weighted by atomic mass is 16.3. The largest absolute Gasteiger partial charge is 0.395 e. The number of carbonyl (C=O) groups excluding carboxylic acids is 1. The van der Waals surface area contributed by atoms with Crippen LogP contribution in [0.4, 0.5) is 0 Å². The number of likely N-dealkylation sites (tertiary alicyclic amines) is 1. The number of rotatable bonds is 4. The summed E-state index contributed by atoms with van der Waals surface area (Å²) in [6.45, 7) is 2.12. The van der Waals surface area contributed by atoms with Crippen molar-refractivity contribution in [3.8, 4) is 0 Å². The summed E-state index contributed by atoms with van der Waals surface area (Å²) in [5, 5.41) is 12.0. The molecule has 2 N–H and O–H groups in total. The molecule has 1 aromatic rings. The Morgan fingerprint density at radius 2 is 2.11 bits per heavy atom. The summed E-state index contributed by atoms with van der Waals surface area (Å²) in [7, 11) is 1.63. The molecule has 0 radical (unpaired) electrons. The van der Waals surface area contributed by atoms with Crippen LogP contribution in [-0.4, -0.2) is 42.2 Å². The average Bonchev–Trinajstić information content (AvgIpc) is 2.48. The van der Waals surface area contributed by atoms with Gasteiger partial charge in [0, 0.05) is 25.2 Å². The first-order chi connectivity index (χ1) is 9.24. The van der Waals surface area contributed by atoms with Gasteiger partial charge in [-0.3, -0.25) is 9.69 Å². The monoisotopic (exact) mass is 262 g/mol. The van der Waals surface area contributed by atoms with Gasteiger partial charge in [0.15, 0.2) is 0 Å². The van der Waals surface area contributed by atoms with Crippen LogP contribution in [0.25, 0.3) is 0 Å². The van der Waals surface area contributed by atoms with Gasteiger partial charge in [-0.1, -0.05) is 18.6 Å². The molecule has 0 aromatic heterocycles. The molecular weight excluding hydrogens is 240 g/mol. The first-order valence-corrected chi connectivity index (χ1v) is 6.90. The number of benzene rings is 1. The number of aliphatic hydroxyl groups excluding tert-OH is 1. The van der Waals surface area contributed by atoms with Gasteiger partial charge in [-0.2, -0.15) is 0 Å². The van der Waals surface area contributed by atoms with Crippen molar-refractivity contribution in [1.82, 2.24) is 10.2 Å². The van der Waals surface area contributed by atoms with E-state index in [0.717, 1.165) is 19.5 Å². The highest BCUT2D eigenvalue weighted by Crippen LogP contribution is 2.19. The molecule has 2 rings (SSSR count). The zero-order valence-corrected chi connectivity index (χ0v) is 11.4. The molecule has 1 amide bonds. The lowest BCUT2D eigenvalue weighted by atomic mass is 10.0. The summed E-state index contributed by atoms with van der Waals surface area (Å²) in [6, 6.07) is 7.98. The number of amides is 1. The molecule has 1 aromatic carbocycles. The fourth-order valence-corrected chi connectivity index (χ4v) is 2.62. The SMILES string of the molecule is CNC(=O)c1ccc(CN2CCCCC2CO)cc1. The molecule has 1 unspecified atom stereocenters. The maximum atomic E-state index is 11.5. The molecular formula is C15H22N2O2. The maximum Gasteiger partial charge on any atom is 0.251 e. The lowest BCUT2D eigenvalue weighted by molar-refractivity contribution is 0.0841. The summed E-state index contributed by atoms with van der Waals surface area (Å²) in [6.07, 6.45) is 3.48. The van der Waals surface area contributed by atoms with Crippen LogP contribution in [0.15, 0.2) is 24.3 Å². The standard InChI is InChI=1S/C15H22N2O2/c1-16-15(19)13-7-5-12(6-8-13)10-17-9-3-2-4-14(17)11-18/h5-8,14,18H,2-4,9-11H2,1H3,(H,16,19). The minimum atomic E-state index is -0.0576. The number of hydrogen-bond acceptors (Lipinski definition) is 3. The van der Waals surface area contributed by atoms with E-state index in [-0.39, 0.29) is 18.6 Å². The van der Waals surface area contributed by atoms with Gasteiger partial charge >= 0.3 is 0 Å². The van der Waals surface area contributed by atoms with Crippen molar-refractivity contribution >= 4 is 5.91 Å². The van der Waals surface area contributed by atoms with E-state index in [1.54, 1.807) is 7.05 Å². The average molecular weight is 262 g/mol. The van der Waals surface area contributed by atoms with Crippen LogP contribution in [-0.2, 0) is 6.54 Å². The van der Waals surface area contributed by atoms with Gasteiger partial charge in [0.05, 0.1) is 6.61 Å². The molecule has 0 aliphatic carbocycles. The smallest absolute Gasteiger partial charge is 0.251 e. The molecule has 1 fully saturated rings. The number of nitrogens with zero attached hydrogens (tertiary/aromatic N) is 1. The molecule has 104 valence electrons. The van der Waals surface area contributed by atoms with Gasteiger partial charge in [-0.15, -0.1) is 0 Å². The van der Waals surface area contributed by atoms with Crippen LogP contribution in [0.3, 0.4) is 0 Å². The zero-order chi connectivity index (χ0) is 13.7. The van der Waals surface area contributed by atoms with E-state index in [4.69, 9.17) is 0 Å². The predicted molar refractivity (Wildman–Crippen MR) is 75.0 cm³/mol. The molecule has 1 aliphatic rings. The third kappa shape index (κ3) is 3.55. The van der Waals surface area contributed by atoms with E-state index < -0.39 is 0 Å². The van der Waals surface area contributed by atoms with Crippen molar-refractivity contribution in [3.05, 3.63) is 35.4 Å². The van der Waals surface area contributed by atoms with Crippen molar-refractivity contribution in [3.63, 3.8) is 0 Å². The second-order valence-electron chi connectivity index (χ2n) is 5.08. The van der Waals surface area contributed by atoms with Crippen LogP contribution in [0.1, 0.15) is 35.2 Å². The minimum absolute atomic E-state index is 0.0576. The van der Waals surface area contributed by atoms with E-state index in [1.807, 2.05) is 24.3 Å². The van der Waals surface area contributed by atoms with E-state index in [9.17, 15) is 9.90 Å². The summed E-state index contributed by atoms with van der Waals surface area (Å²) in [5.41, 5.74) is 1.87. The third-order valence-corrected chi connectivity index (χ3v) is 3.79. The molecule has 1 aliphatic heterocycles. The minimum Gasteiger partial charge on any atom is -0.395 e. The van der Waals surface area contributed by atoms with Gasteiger partial charge in [0.1, 0.15) is 0 Å². The zero-order valence-electron chi connectivity index (χ0n) is 11.4. The molecule has 19 heavy (non-hydrogen) atoms. The van der Waals surface area contributed by atoms with Gasteiger partial charge in [0.2, 0.25) is 0 Å². The van der Waals surface area contributed by atoms with Crippen LogP contribution in [0.5, 0.6) is 0 Å². The molecule has 0 saturated carbocycles. The normalized spacial score (nSPS) is 20.2. The van der Waals surface area contributed by atoms with Gasteiger partial charge in [-0.25, -0.2) is 0 Å². The van der Waals surface area contributed by atoms with Crippen LogP contribution in [0, 0.1) is 0 Å². The number of aliphatic hydroxyl groups is 1. The fraction of sp³-hybridized carbons (Fsp3) is 0.533. The van der Waals surface area contributed by atoms with Crippen molar-refractivity contribution in [2.75, 3.05) is 20.2 Å². The Morgan fingerprint density at radius 1 is 1.37 bits per heavy atom. The topological polar surface area (TPSA) is 52.6 Å². The van der Waals surface area contributed by atoms with E-state index in [2.05, 4.69) is 10.2 Å². The second-order valence-corrected chi connectivity index (χ2v) is 5.08. The van der Waals surface area contributed by atoms with Gasteiger partial charge in [0.25, 0.3) is 5.91 Å². The van der Waals surface area contributed by atoms with Crippen molar-refractivity contribution in [1.29, 1.82) is 0 Å². The van der Waals surface area contributed by atoms with Crippen molar-refractivity contribution in [2.45, 2.75) is 31.8 Å². The quantitative estimate of drug-likeness (QED) is 0.862. The van der Waals surface area contributed by atoms with Crippen LogP contribution >= 0.6 is 0 Å². The molecule has 0 spiro atoms. The molecule has 4 heteroatoms. The Bertz CT molecular complexity index is 417. The van der Waals surface area contributed by atoms with E-state index in [0.29, 0.717) is 5.56 Å². The van der Waals surface area contributed by atoms with E-state index >= 15 is 0 Å². The Balaban J connectivity index is 2.00. The van der Waals surface area contributed by atoms with E-state index in [1.165, 1.54) is 18.4 Å². The maximum absolute atomic E-state index is 11.5. The predicted octanol–water partition coefficient (Wildman–Crippen LogP) is 1.39. The molecule has 0 bridgehead atoms. The first-order valence-electron chi connectivity index (χ1n) is 6.90. The highest BCUT2D eigenvalue weighted by molar-refractivity contribution is 5.93. The number of piperidine rings is 1. The van der Waals surface area contributed by atoms with Gasteiger partial charge in [-0.05, 0) is 37.1 Å². The Kier molecular flexibility index (Phi) is 4.93. The summed E-state index contributed by atoms with van der Waals surface area (Å²) in [4.78, 5) is 13.8. The van der Waals surface area contributed by atoms with Crippen LogP contribution < -0.4 is 5.32 Å². The first kappa shape index (κ1) is 14.0. The number of carbonyl (C=O) groups is 1. The van der Waals surface area contributed by atoms with Crippen molar-refractivity contribution < 1.29 is 9.90 Å². The van der Waals surface area contributed by atoms with Crippen LogP contribution in [0.2, 0.25) is 0 Å². The molecule has 1 saturated heterocycles. The van der Waals surface area contributed by atoms with Crippen molar-refractivity contribution in [2.24, 2.45) is 0 Å². The fourth-order valence-electron chi connectivity index (χ4n) is 2.62. The Labute approximate surface area is 114 Å². The second kappa shape index (κ2) is 6.68. The summed E-state index contributed by atoms with van der Waals surface area (Å²) >= 11 is 0. The molecule has 4 nitrogen and oxygen atoms in total.